The molecule has 3 heterocycles. The number of thiophene rings is 1. The average molecular weight is 449 g/mol. The molecule has 0 spiro atoms. The normalized spacial score (nSPS) is 19.0. The Bertz CT molecular complexity index is 1230. The molecule has 1 aliphatic carbocycles. The summed E-state index contributed by atoms with van der Waals surface area (Å²) in [6, 6.07) is 10.00. The molecule has 7 heteroatoms. The van der Waals surface area contributed by atoms with Gasteiger partial charge in [0, 0.05) is 25.3 Å². The third kappa shape index (κ3) is 4.31. The molecule has 2 aliphatic rings. The fraction of sp³-hybridized carbons (Fsp3) is 0.440. The number of benzene rings is 1. The molecular formula is C25H28N4O2S. The summed E-state index contributed by atoms with van der Waals surface area (Å²) in [6.07, 6.45) is 6.21. The van der Waals surface area contributed by atoms with E-state index in [9.17, 15) is 9.90 Å². The smallest absolute Gasteiger partial charge is 0.275 e. The lowest BCUT2D eigenvalue weighted by Gasteiger charge is -2.23. The number of likely N-dealkylation sites (N-methyl/N-ethyl adjacent to an activating group) is 1. The summed E-state index contributed by atoms with van der Waals surface area (Å²) in [5.41, 5.74) is 1.68. The topological polar surface area (TPSA) is 61.6 Å². The van der Waals surface area contributed by atoms with Crippen LogP contribution < -0.4 is 10.5 Å². The third-order valence-corrected chi connectivity index (χ3v) is 7.53. The Hall–Kier alpha value is -2.66. The largest absolute Gasteiger partial charge is 0.378 e. The van der Waals surface area contributed by atoms with E-state index in [2.05, 4.69) is 45.8 Å². The van der Waals surface area contributed by atoms with Crippen molar-refractivity contribution in [3.05, 3.63) is 51.9 Å². The number of hydrogen-bond acceptors (Lipinski definition) is 6. The standard InChI is InChI=1S/C25H28N4O2S/c1-27-13-4-14-28(16-15-27)19-5-7-20(8-6-19)29-18-26-22-17-21(32-23(22)24(29)30)9-12-25(31)10-2-3-11-25/h5-8,17-18,31H,2-4,10-11,13-16H2,1H3. The van der Waals surface area contributed by atoms with Crippen LogP contribution in [0.5, 0.6) is 0 Å². The highest BCUT2D eigenvalue weighted by Crippen LogP contribution is 2.29. The summed E-state index contributed by atoms with van der Waals surface area (Å²) < 4.78 is 2.19. The van der Waals surface area contributed by atoms with Crippen molar-refractivity contribution >= 4 is 27.2 Å². The van der Waals surface area contributed by atoms with Gasteiger partial charge in [0.1, 0.15) is 16.6 Å². The number of anilines is 1. The Morgan fingerprint density at radius 1 is 1.03 bits per heavy atom. The van der Waals surface area contributed by atoms with Gasteiger partial charge in [-0.1, -0.05) is 11.8 Å². The molecule has 32 heavy (non-hydrogen) atoms. The fourth-order valence-corrected chi connectivity index (χ4v) is 5.44. The van der Waals surface area contributed by atoms with Crippen LogP contribution >= 0.6 is 11.3 Å². The van der Waals surface area contributed by atoms with E-state index in [1.165, 1.54) is 17.0 Å². The van der Waals surface area contributed by atoms with Gasteiger partial charge in [-0.05, 0) is 76.0 Å². The Balaban J connectivity index is 1.40. The van der Waals surface area contributed by atoms with Crippen molar-refractivity contribution < 1.29 is 5.11 Å². The van der Waals surface area contributed by atoms with Gasteiger partial charge in [0.25, 0.3) is 5.56 Å². The lowest BCUT2D eigenvalue weighted by molar-refractivity contribution is 0.110. The number of rotatable bonds is 2. The molecule has 1 aromatic carbocycles. The minimum absolute atomic E-state index is 0.0863. The lowest BCUT2D eigenvalue weighted by atomic mass is 10.0. The predicted octanol–water partition coefficient (Wildman–Crippen LogP) is 3.25. The second kappa shape index (κ2) is 8.70. The molecule has 5 rings (SSSR count). The van der Waals surface area contributed by atoms with E-state index in [0.717, 1.165) is 68.8 Å². The maximum atomic E-state index is 13.2. The Morgan fingerprint density at radius 2 is 1.78 bits per heavy atom. The number of aromatic nitrogens is 2. The first-order valence-corrected chi connectivity index (χ1v) is 12.1. The van der Waals surface area contributed by atoms with Crippen LogP contribution in [0.25, 0.3) is 15.9 Å². The molecule has 166 valence electrons. The first kappa shape index (κ1) is 21.2. The molecule has 1 N–H and O–H groups in total. The second-order valence-electron chi connectivity index (χ2n) is 8.89. The van der Waals surface area contributed by atoms with Crippen LogP contribution in [0.3, 0.4) is 0 Å². The van der Waals surface area contributed by atoms with E-state index in [1.54, 1.807) is 10.9 Å². The molecule has 0 radical (unpaired) electrons. The summed E-state index contributed by atoms with van der Waals surface area (Å²) in [5.74, 6) is 6.09. The maximum absolute atomic E-state index is 13.2. The van der Waals surface area contributed by atoms with E-state index in [0.29, 0.717) is 10.2 Å². The van der Waals surface area contributed by atoms with Gasteiger partial charge in [0.2, 0.25) is 0 Å². The first-order chi connectivity index (χ1) is 15.5. The fourth-order valence-electron chi connectivity index (χ4n) is 4.55. The maximum Gasteiger partial charge on any atom is 0.275 e. The minimum Gasteiger partial charge on any atom is -0.378 e. The quantitative estimate of drug-likeness (QED) is 0.610. The summed E-state index contributed by atoms with van der Waals surface area (Å²) in [6.45, 7) is 4.24. The van der Waals surface area contributed by atoms with Crippen molar-refractivity contribution in [3.63, 3.8) is 0 Å². The highest BCUT2D eigenvalue weighted by Gasteiger charge is 2.28. The Morgan fingerprint density at radius 3 is 2.56 bits per heavy atom. The number of fused-ring (bicyclic) bond motifs is 1. The molecule has 6 nitrogen and oxygen atoms in total. The minimum atomic E-state index is -0.881. The number of nitrogens with zero attached hydrogens (tertiary/aromatic N) is 4. The molecule has 0 bridgehead atoms. The van der Waals surface area contributed by atoms with Gasteiger partial charge in [-0.2, -0.15) is 0 Å². The summed E-state index contributed by atoms with van der Waals surface area (Å²) >= 11 is 1.35. The SMILES string of the molecule is CN1CCCN(c2ccc(-n3cnc4cc(C#CC5(O)CCCC5)sc4c3=O)cc2)CC1. The summed E-state index contributed by atoms with van der Waals surface area (Å²) in [5, 5.41) is 10.5. The molecule has 1 saturated heterocycles. The molecule has 0 atom stereocenters. The van der Waals surface area contributed by atoms with Gasteiger partial charge in [-0.15, -0.1) is 11.3 Å². The lowest BCUT2D eigenvalue weighted by Crippen LogP contribution is -2.28. The molecule has 1 saturated carbocycles. The predicted molar refractivity (Wildman–Crippen MR) is 130 cm³/mol. The van der Waals surface area contributed by atoms with Gasteiger partial charge in [-0.3, -0.25) is 9.36 Å². The van der Waals surface area contributed by atoms with E-state index >= 15 is 0 Å². The third-order valence-electron chi connectivity index (χ3n) is 6.50. The number of hydrogen-bond donors (Lipinski definition) is 1. The van der Waals surface area contributed by atoms with Crippen LogP contribution in [0.4, 0.5) is 5.69 Å². The Kier molecular flexibility index (Phi) is 5.76. The van der Waals surface area contributed by atoms with Crippen molar-refractivity contribution in [2.24, 2.45) is 0 Å². The Labute approximate surface area is 192 Å². The van der Waals surface area contributed by atoms with Crippen LogP contribution in [0, 0.1) is 11.8 Å². The van der Waals surface area contributed by atoms with Crippen LogP contribution in [-0.2, 0) is 0 Å². The second-order valence-corrected chi connectivity index (χ2v) is 9.95. The van der Waals surface area contributed by atoms with Crippen LogP contribution in [0.2, 0.25) is 0 Å². The molecular weight excluding hydrogens is 420 g/mol. The van der Waals surface area contributed by atoms with Gasteiger partial charge < -0.3 is 14.9 Å². The van der Waals surface area contributed by atoms with Crippen molar-refractivity contribution in [1.82, 2.24) is 14.5 Å². The van der Waals surface area contributed by atoms with Gasteiger partial charge >= 0.3 is 0 Å². The highest BCUT2D eigenvalue weighted by atomic mass is 32.1. The average Bonchev–Trinajstić information content (AvgIpc) is 3.36. The molecule has 0 unspecified atom stereocenters. The van der Waals surface area contributed by atoms with Crippen molar-refractivity contribution in [3.8, 4) is 17.5 Å². The molecule has 1 aliphatic heterocycles. The van der Waals surface area contributed by atoms with E-state index in [4.69, 9.17) is 0 Å². The van der Waals surface area contributed by atoms with Crippen molar-refractivity contribution in [2.45, 2.75) is 37.7 Å². The van der Waals surface area contributed by atoms with E-state index < -0.39 is 5.60 Å². The van der Waals surface area contributed by atoms with Crippen LogP contribution in [0.15, 0.2) is 41.5 Å². The molecule has 0 amide bonds. The van der Waals surface area contributed by atoms with Gasteiger partial charge in [0.15, 0.2) is 0 Å². The summed E-state index contributed by atoms with van der Waals surface area (Å²) in [7, 11) is 2.17. The van der Waals surface area contributed by atoms with Crippen molar-refractivity contribution in [2.75, 3.05) is 38.1 Å². The van der Waals surface area contributed by atoms with Crippen LogP contribution in [-0.4, -0.2) is 58.4 Å². The number of aliphatic hydroxyl groups is 1. The van der Waals surface area contributed by atoms with Crippen LogP contribution in [0.1, 0.15) is 37.0 Å². The van der Waals surface area contributed by atoms with Gasteiger partial charge in [0.05, 0.1) is 16.1 Å². The van der Waals surface area contributed by atoms with Crippen molar-refractivity contribution in [1.29, 1.82) is 0 Å². The molecule has 2 aromatic heterocycles. The van der Waals surface area contributed by atoms with Gasteiger partial charge in [-0.25, -0.2) is 4.98 Å². The monoisotopic (exact) mass is 448 g/mol. The molecule has 3 aromatic rings. The zero-order chi connectivity index (χ0) is 22.1. The first-order valence-electron chi connectivity index (χ1n) is 11.3. The molecule has 2 fully saturated rings. The van der Waals surface area contributed by atoms with E-state index in [-0.39, 0.29) is 5.56 Å². The zero-order valence-corrected chi connectivity index (χ0v) is 19.2. The summed E-state index contributed by atoms with van der Waals surface area (Å²) in [4.78, 5) is 23.2. The zero-order valence-electron chi connectivity index (χ0n) is 18.4. The van der Waals surface area contributed by atoms with E-state index in [1.807, 2.05) is 18.2 Å². The highest BCUT2D eigenvalue weighted by molar-refractivity contribution is 7.19.